The van der Waals surface area contributed by atoms with Crippen LogP contribution >= 0.6 is 7.82 Å². The van der Waals surface area contributed by atoms with Crippen molar-refractivity contribution in [1.29, 1.82) is 0 Å². The molecule has 0 saturated carbocycles. The lowest BCUT2D eigenvalue weighted by atomic mass is 10.1. The van der Waals surface area contributed by atoms with E-state index in [2.05, 4.69) is 6.92 Å². The van der Waals surface area contributed by atoms with Gasteiger partial charge >= 0.3 is 11.9 Å². The van der Waals surface area contributed by atoms with Crippen LogP contribution in [0.25, 0.3) is 0 Å². The summed E-state index contributed by atoms with van der Waals surface area (Å²) in [6.07, 6.45) is 5.74. The van der Waals surface area contributed by atoms with E-state index >= 15 is 0 Å². The summed E-state index contributed by atoms with van der Waals surface area (Å²) in [6.45, 7) is 3.82. The highest BCUT2D eigenvalue weighted by Crippen LogP contribution is 2.38. The molecule has 0 aliphatic rings. The highest BCUT2D eigenvalue weighted by atomic mass is 31.2. The van der Waals surface area contributed by atoms with E-state index in [4.69, 9.17) is 18.5 Å². The van der Waals surface area contributed by atoms with Crippen LogP contribution in [0.5, 0.6) is 0 Å². The molecule has 31 heavy (non-hydrogen) atoms. The summed E-state index contributed by atoms with van der Waals surface area (Å²) in [7, 11) is 1.16. The van der Waals surface area contributed by atoms with Crippen molar-refractivity contribution in [3.05, 3.63) is 0 Å². The maximum atomic E-state index is 12.1. The van der Waals surface area contributed by atoms with Crippen LogP contribution in [0, 0.1) is 0 Å². The highest BCUT2D eigenvalue weighted by molar-refractivity contribution is 7.45. The van der Waals surface area contributed by atoms with Gasteiger partial charge in [0.1, 0.15) is 19.8 Å². The summed E-state index contributed by atoms with van der Waals surface area (Å²) in [5, 5.41) is 0. The van der Waals surface area contributed by atoms with Gasteiger partial charge in [-0.1, -0.05) is 46.0 Å². The van der Waals surface area contributed by atoms with Crippen LogP contribution in [0.4, 0.5) is 0 Å². The largest absolute Gasteiger partial charge is 0.756 e. The number of carbonyl (C=O) groups excluding carboxylic acids is 2. The molecular formula is C21H42NO8P. The maximum absolute atomic E-state index is 12.1. The summed E-state index contributed by atoms with van der Waals surface area (Å²) in [5.74, 6) is -0.889. The molecule has 0 saturated heterocycles. The van der Waals surface area contributed by atoms with Crippen LogP contribution in [-0.4, -0.2) is 70.0 Å². The molecule has 0 fully saturated rings. The third kappa shape index (κ3) is 19.4. The Hall–Kier alpha value is -0.990. The molecular weight excluding hydrogens is 425 g/mol. The van der Waals surface area contributed by atoms with Crippen LogP contribution in [0.1, 0.15) is 71.6 Å². The Morgan fingerprint density at radius 2 is 1.45 bits per heavy atom. The van der Waals surface area contributed by atoms with Crippen molar-refractivity contribution in [2.75, 3.05) is 47.5 Å². The van der Waals surface area contributed by atoms with E-state index in [1.54, 1.807) is 0 Å². The van der Waals surface area contributed by atoms with Crippen LogP contribution in [-0.2, 0) is 32.7 Å². The lowest BCUT2D eigenvalue weighted by Gasteiger charge is -2.28. The fourth-order valence-corrected chi connectivity index (χ4v) is 3.20. The zero-order chi connectivity index (χ0) is 23.8. The molecule has 9 nitrogen and oxygen atoms in total. The van der Waals surface area contributed by atoms with Crippen molar-refractivity contribution in [3.8, 4) is 0 Å². The Kier molecular flexibility index (Phi) is 16.1. The average molecular weight is 468 g/mol. The van der Waals surface area contributed by atoms with Gasteiger partial charge in [0.25, 0.3) is 7.82 Å². The number of phosphoric acid groups is 1. The van der Waals surface area contributed by atoms with Gasteiger partial charge in [0.2, 0.25) is 0 Å². The monoisotopic (exact) mass is 467 g/mol. The van der Waals surface area contributed by atoms with Gasteiger partial charge in [0.15, 0.2) is 6.10 Å². The van der Waals surface area contributed by atoms with Crippen molar-refractivity contribution < 1.29 is 42.1 Å². The number of rotatable bonds is 19. The number of hydrogen-bond donors (Lipinski definition) is 0. The summed E-state index contributed by atoms with van der Waals surface area (Å²) >= 11 is 0. The predicted molar refractivity (Wildman–Crippen MR) is 116 cm³/mol. The molecule has 0 radical (unpaired) electrons. The molecule has 0 bridgehead atoms. The SMILES string of the molecule is CCCCCCC(=O)OC(COC(=O)CCCCC)COP(=O)([O-])OCC[N+](C)(C)C. The molecule has 0 aliphatic carbocycles. The topological polar surface area (TPSA) is 111 Å². The van der Waals surface area contributed by atoms with Gasteiger partial charge in [-0.2, -0.15) is 0 Å². The number of phosphoric ester groups is 1. The van der Waals surface area contributed by atoms with E-state index in [1.165, 1.54) is 0 Å². The third-order valence-electron chi connectivity index (χ3n) is 4.38. The molecule has 2 unspecified atom stereocenters. The molecule has 0 N–H and O–H groups in total. The third-order valence-corrected chi connectivity index (χ3v) is 5.34. The van der Waals surface area contributed by atoms with Crippen molar-refractivity contribution in [3.63, 3.8) is 0 Å². The molecule has 0 aromatic carbocycles. The Labute approximate surface area is 187 Å². The summed E-state index contributed by atoms with van der Waals surface area (Å²) in [4.78, 5) is 35.9. The lowest BCUT2D eigenvalue weighted by molar-refractivity contribution is -0.870. The first-order valence-corrected chi connectivity index (χ1v) is 12.7. The van der Waals surface area contributed by atoms with Crippen LogP contribution in [0.3, 0.4) is 0 Å². The van der Waals surface area contributed by atoms with Crippen LogP contribution in [0.2, 0.25) is 0 Å². The normalized spacial score (nSPS) is 14.6. The van der Waals surface area contributed by atoms with Gasteiger partial charge in [0.05, 0.1) is 27.7 Å². The Bertz CT molecular complexity index is 550. The maximum Gasteiger partial charge on any atom is 0.306 e. The first-order valence-electron chi connectivity index (χ1n) is 11.2. The van der Waals surface area contributed by atoms with Gasteiger partial charge in [-0.3, -0.25) is 14.2 Å². The summed E-state index contributed by atoms with van der Waals surface area (Å²) < 4.78 is 32.7. The molecule has 0 aromatic rings. The van der Waals surface area contributed by atoms with E-state index in [0.29, 0.717) is 23.9 Å². The van der Waals surface area contributed by atoms with Gasteiger partial charge in [0, 0.05) is 12.8 Å². The number of likely N-dealkylation sites (N-methyl/N-ethyl adjacent to an activating group) is 1. The molecule has 0 spiro atoms. The van der Waals surface area contributed by atoms with Gasteiger partial charge in [-0.05, 0) is 12.8 Å². The number of quaternary nitrogens is 1. The first-order chi connectivity index (χ1) is 14.5. The number of hydrogen-bond acceptors (Lipinski definition) is 8. The first kappa shape index (κ1) is 30.0. The standard InChI is InChI=1S/C21H42NO8P/c1-6-8-10-12-14-21(24)30-19(17-27-20(23)13-11-9-7-2)18-29-31(25,26)28-16-15-22(3,4)5/h19H,6-18H2,1-5H3. The van der Waals surface area contributed by atoms with E-state index in [1.807, 2.05) is 28.1 Å². The molecule has 0 rings (SSSR count). The van der Waals surface area contributed by atoms with E-state index in [-0.39, 0.29) is 26.1 Å². The minimum absolute atomic E-state index is 0.0292. The Morgan fingerprint density at radius 3 is 2.06 bits per heavy atom. The van der Waals surface area contributed by atoms with Crippen molar-refractivity contribution >= 4 is 19.8 Å². The van der Waals surface area contributed by atoms with Gasteiger partial charge in [-0.15, -0.1) is 0 Å². The van der Waals surface area contributed by atoms with Crippen molar-refractivity contribution in [1.82, 2.24) is 0 Å². The Morgan fingerprint density at radius 1 is 0.871 bits per heavy atom. The van der Waals surface area contributed by atoms with Gasteiger partial charge in [-0.25, -0.2) is 0 Å². The molecule has 0 aliphatic heterocycles. The fraction of sp³-hybridized carbons (Fsp3) is 0.905. The second-order valence-corrected chi connectivity index (χ2v) is 10.1. The van der Waals surface area contributed by atoms with Crippen LogP contribution < -0.4 is 4.89 Å². The van der Waals surface area contributed by atoms with Crippen molar-refractivity contribution in [2.24, 2.45) is 0 Å². The Balaban J connectivity index is 4.64. The molecule has 0 heterocycles. The lowest BCUT2D eigenvalue weighted by Crippen LogP contribution is -2.37. The zero-order valence-corrected chi connectivity index (χ0v) is 20.8. The molecule has 10 heteroatoms. The van der Waals surface area contributed by atoms with E-state index in [9.17, 15) is 19.0 Å². The smallest absolute Gasteiger partial charge is 0.306 e. The number of unbranched alkanes of at least 4 members (excludes halogenated alkanes) is 5. The summed E-state index contributed by atoms with van der Waals surface area (Å²) in [5.41, 5.74) is 0. The molecule has 184 valence electrons. The predicted octanol–water partition coefficient (Wildman–Crippen LogP) is 3.20. The molecule has 0 aromatic heterocycles. The average Bonchev–Trinajstić information content (AvgIpc) is 2.66. The second-order valence-electron chi connectivity index (χ2n) is 8.65. The quantitative estimate of drug-likeness (QED) is 0.123. The fourth-order valence-electron chi connectivity index (χ4n) is 2.47. The van der Waals surface area contributed by atoms with E-state index < -0.39 is 32.5 Å². The number of carbonyl (C=O) groups is 2. The minimum Gasteiger partial charge on any atom is -0.756 e. The van der Waals surface area contributed by atoms with Crippen LogP contribution in [0.15, 0.2) is 0 Å². The van der Waals surface area contributed by atoms with E-state index in [0.717, 1.165) is 32.1 Å². The zero-order valence-electron chi connectivity index (χ0n) is 19.9. The second kappa shape index (κ2) is 16.6. The van der Waals surface area contributed by atoms with Gasteiger partial charge < -0.3 is 27.9 Å². The number of esters is 2. The minimum atomic E-state index is -4.57. The molecule has 2 atom stereocenters. The summed E-state index contributed by atoms with van der Waals surface area (Å²) in [6, 6.07) is 0. The molecule has 0 amide bonds. The highest BCUT2D eigenvalue weighted by Gasteiger charge is 2.21. The van der Waals surface area contributed by atoms with Crippen molar-refractivity contribution in [2.45, 2.75) is 77.7 Å². The number of ether oxygens (including phenoxy) is 2. The number of nitrogens with zero attached hydrogens (tertiary/aromatic N) is 1.